The molecular weight excluding hydrogens is 333 g/mol. The van der Waals surface area contributed by atoms with Crippen LogP contribution in [0.3, 0.4) is 0 Å². The molecule has 0 heterocycles. The molecule has 19 heavy (non-hydrogen) atoms. The molecule has 2 nitrogen and oxygen atoms in total. The third-order valence-corrected chi connectivity index (χ3v) is 3.46. The van der Waals surface area contributed by atoms with Gasteiger partial charge >= 0.3 is 0 Å². The summed E-state index contributed by atoms with van der Waals surface area (Å²) in [7, 11) is 0. The Kier molecular flexibility index (Phi) is 4.56. The standard InChI is InChI=1S/C14H10BrClFNO/c15-12-7-11(5-6-13(12)17)18-14(19)10-3-1-9(8-16)2-4-10/h1-7H,8H2,(H,18,19). The summed E-state index contributed by atoms with van der Waals surface area (Å²) in [6.45, 7) is 0. The highest BCUT2D eigenvalue weighted by atomic mass is 79.9. The lowest BCUT2D eigenvalue weighted by Gasteiger charge is -2.06. The van der Waals surface area contributed by atoms with Crippen LogP contribution in [0.2, 0.25) is 0 Å². The van der Waals surface area contributed by atoms with Gasteiger partial charge in [0.2, 0.25) is 0 Å². The molecule has 2 rings (SSSR count). The van der Waals surface area contributed by atoms with Gasteiger partial charge in [0.1, 0.15) is 5.82 Å². The minimum absolute atomic E-state index is 0.250. The highest BCUT2D eigenvalue weighted by molar-refractivity contribution is 9.10. The number of amides is 1. The second-order valence-electron chi connectivity index (χ2n) is 3.91. The third kappa shape index (κ3) is 3.55. The van der Waals surface area contributed by atoms with E-state index in [9.17, 15) is 9.18 Å². The zero-order valence-electron chi connectivity index (χ0n) is 9.79. The molecule has 0 aliphatic rings. The van der Waals surface area contributed by atoms with Gasteiger partial charge in [-0.25, -0.2) is 4.39 Å². The predicted octanol–water partition coefficient (Wildman–Crippen LogP) is 4.58. The van der Waals surface area contributed by atoms with E-state index < -0.39 is 0 Å². The lowest BCUT2D eigenvalue weighted by Crippen LogP contribution is -2.11. The van der Waals surface area contributed by atoms with Crippen molar-refractivity contribution in [3.05, 3.63) is 63.9 Å². The summed E-state index contributed by atoms with van der Waals surface area (Å²) < 4.78 is 13.4. The lowest BCUT2D eigenvalue weighted by molar-refractivity contribution is 0.102. The van der Waals surface area contributed by atoms with Crippen LogP contribution >= 0.6 is 27.5 Å². The van der Waals surface area contributed by atoms with E-state index in [2.05, 4.69) is 21.2 Å². The van der Waals surface area contributed by atoms with E-state index in [0.717, 1.165) is 5.56 Å². The number of rotatable bonds is 3. The SMILES string of the molecule is O=C(Nc1ccc(F)c(Br)c1)c1ccc(CCl)cc1. The molecule has 2 aromatic carbocycles. The Morgan fingerprint density at radius 1 is 1.21 bits per heavy atom. The number of anilines is 1. The number of alkyl halides is 1. The van der Waals surface area contributed by atoms with Crippen LogP contribution in [0.1, 0.15) is 15.9 Å². The molecule has 0 bridgehead atoms. The summed E-state index contributed by atoms with van der Waals surface area (Å²) >= 11 is 8.75. The summed E-state index contributed by atoms with van der Waals surface area (Å²) in [5, 5.41) is 2.70. The van der Waals surface area contributed by atoms with Gasteiger partial charge in [0.05, 0.1) is 4.47 Å². The topological polar surface area (TPSA) is 29.1 Å². The van der Waals surface area contributed by atoms with Crippen molar-refractivity contribution in [2.75, 3.05) is 5.32 Å². The van der Waals surface area contributed by atoms with E-state index >= 15 is 0 Å². The molecule has 0 fully saturated rings. The average Bonchev–Trinajstić information content (AvgIpc) is 2.43. The van der Waals surface area contributed by atoms with E-state index in [-0.39, 0.29) is 11.7 Å². The van der Waals surface area contributed by atoms with Crippen LogP contribution in [0.4, 0.5) is 10.1 Å². The number of carbonyl (C=O) groups is 1. The van der Waals surface area contributed by atoms with Gasteiger partial charge < -0.3 is 5.32 Å². The number of nitrogens with one attached hydrogen (secondary N) is 1. The molecular formula is C14H10BrClFNO. The van der Waals surface area contributed by atoms with Gasteiger partial charge in [-0.2, -0.15) is 0 Å². The zero-order valence-corrected chi connectivity index (χ0v) is 12.1. The molecule has 0 unspecified atom stereocenters. The average molecular weight is 343 g/mol. The maximum Gasteiger partial charge on any atom is 0.255 e. The highest BCUT2D eigenvalue weighted by Gasteiger charge is 2.07. The summed E-state index contributed by atoms with van der Waals surface area (Å²) in [5.74, 6) is -0.212. The van der Waals surface area contributed by atoms with Gasteiger partial charge in [0.15, 0.2) is 0 Å². The van der Waals surface area contributed by atoms with Crippen molar-refractivity contribution in [1.82, 2.24) is 0 Å². The van der Waals surface area contributed by atoms with Gasteiger partial charge in [-0.3, -0.25) is 4.79 Å². The van der Waals surface area contributed by atoms with Gasteiger partial charge in [0, 0.05) is 17.1 Å². The molecule has 5 heteroatoms. The number of halogens is 3. The number of hydrogen-bond acceptors (Lipinski definition) is 1. The Hall–Kier alpha value is -1.39. The van der Waals surface area contributed by atoms with E-state index in [1.165, 1.54) is 18.2 Å². The summed E-state index contributed by atoms with van der Waals surface area (Å²) in [6, 6.07) is 11.3. The molecule has 0 spiro atoms. The fourth-order valence-corrected chi connectivity index (χ4v) is 2.08. The predicted molar refractivity (Wildman–Crippen MR) is 78.1 cm³/mol. The summed E-state index contributed by atoms with van der Waals surface area (Å²) in [4.78, 5) is 12.0. The Bertz CT molecular complexity index is 601. The van der Waals surface area contributed by atoms with Crippen LogP contribution in [0.25, 0.3) is 0 Å². The first-order chi connectivity index (χ1) is 9.10. The lowest BCUT2D eigenvalue weighted by atomic mass is 10.1. The van der Waals surface area contributed by atoms with Crippen molar-refractivity contribution in [3.8, 4) is 0 Å². The zero-order chi connectivity index (χ0) is 13.8. The number of carbonyl (C=O) groups excluding carboxylic acids is 1. The van der Waals surface area contributed by atoms with Crippen LogP contribution in [-0.2, 0) is 5.88 Å². The molecule has 0 saturated carbocycles. The van der Waals surface area contributed by atoms with Crippen molar-refractivity contribution in [2.45, 2.75) is 5.88 Å². The van der Waals surface area contributed by atoms with Crippen molar-refractivity contribution < 1.29 is 9.18 Å². The monoisotopic (exact) mass is 341 g/mol. The van der Waals surface area contributed by atoms with Gasteiger partial charge in [-0.1, -0.05) is 12.1 Å². The van der Waals surface area contributed by atoms with Crippen LogP contribution in [0.5, 0.6) is 0 Å². The van der Waals surface area contributed by atoms with Gasteiger partial charge in [-0.05, 0) is 51.8 Å². The van der Waals surface area contributed by atoms with Crippen LogP contribution in [-0.4, -0.2) is 5.91 Å². The molecule has 1 N–H and O–H groups in total. The highest BCUT2D eigenvalue weighted by Crippen LogP contribution is 2.20. The first-order valence-corrected chi connectivity index (χ1v) is 6.84. The van der Waals surface area contributed by atoms with E-state index in [0.29, 0.717) is 21.6 Å². The molecule has 0 radical (unpaired) electrons. The molecule has 1 amide bonds. The van der Waals surface area contributed by atoms with Crippen LogP contribution < -0.4 is 5.32 Å². The van der Waals surface area contributed by atoms with Crippen molar-refractivity contribution in [2.24, 2.45) is 0 Å². The maximum absolute atomic E-state index is 13.1. The first kappa shape index (κ1) is 14.0. The molecule has 98 valence electrons. The van der Waals surface area contributed by atoms with Gasteiger partial charge in [-0.15, -0.1) is 11.6 Å². The molecule has 2 aromatic rings. The van der Waals surface area contributed by atoms with Crippen molar-refractivity contribution >= 4 is 39.1 Å². The van der Waals surface area contributed by atoms with Crippen molar-refractivity contribution in [3.63, 3.8) is 0 Å². The second-order valence-corrected chi connectivity index (χ2v) is 5.04. The van der Waals surface area contributed by atoms with Crippen molar-refractivity contribution in [1.29, 1.82) is 0 Å². The van der Waals surface area contributed by atoms with E-state index in [1.54, 1.807) is 24.3 Å². The Balaban J connectivity index is 2.13. The van der Waals surface area contributed by atoms with E-state index in [4.69, 9.17) is 11.6 Å². The summed E-state index contributed by atoms with van der Waals surface area (Å²) in [5.41, 5.74) is 2.00. The smallest absolute Gasteiger partial charge is 0.255 e. The normalized spacial score (nSPS) is 10.3. The minimum atomic E-state index is -0.371. The van der Waals surface area contributed by atoms with Gasteiger partial charge in [0.25, 0.3) is 5.91 Å². The molecule has 0 saturated heterocycles. The maximum atomic E-state index is 13.1. The molecule has 0 aromatic heterocycles. The fourth-order valence-electron chi connectivity index (χ4n) is 1.52. The fraction of sp³-hybridized carbons (Fsp3) is 0.0714. The molecule has 0 atom stereocenters. The van der Waals surface area contributed by atoms with E-state index in [1.807, 2.05) is 0 Å². The number of benzene rings is 2. The largest absolute Gasteiger partial charge is 0.322 e. The minimum Gasteiger partial charge on any atom is -0.322 e. The molecule has 0 aliphatic carbocycles. The third-order valence-electron chi connectivity index (χ3n) is 2.55. The van der Waals surface area contributed by atoms with Crippen LogP contribution in [0, 0.1) is 5.82 Å². The summed E-state index contributed by atoms with van der Waals surface area (Å²) in [6.07, 6.45) is 0. The Labute approximate surface area is 123 Å². The first-order valence-electron chi connectivity index (χ1n) is 5.51. The Morgan fingerprint density at radius 2 is 1.89 bits per heavy atom. The quantitative estimate of drug-likeness (QED) is 0.813. The number of hydrogen-bond donors (Lipinski definition) is 1. The molecule has 0 aliphatic heterocycles. The second kappa shape index (κ2) is 6.17. The van der Waals surface area contributed by atoms with Crippen LogP contribution in [0.15, 0.2) is 46.9 Å². The Morgan fingerprint density at radius 3 is 2.47 bits per heavy atom.